The van der Waals surface area contributed by atoms with E-state index in [1.165, 1.54) is 12.1 Å². The van der Waals surface area contributed by atoms with E-state index in [1.807, 2.05) is 31.2 Å². The molecule has 22 heavy (non-hydrogen) atoms. The second kappa shape index (κ2) is 5.64. The van der Waals surface area contributed by atoms with E-state index in [2.05, 4.69) is 4.98 Å². The third kappa shape index (κ3) is 2.48. The number of H-pyrrole nitrogens is 1. The van der Waals surface area contributed by atoms with Crippen LogP contribution in [0.15, 0.2) is 48.5 Å². The lowest BCUT2D eigenvalue weighted by molar-refractivity contribution is 0.0813. The van der Waals surface area contributed by atoms with Crippen molar-refractivity contribution in [3.05, 3.63) is 65.6 Å². The molecule has 112 valence electrons. The number of ketones is 1. The molecular weight excluding hydrogens is 281 g/mol. The number of nitrogens with one attached hydrogen (secondary N) is 1. The molecule has 0 saturated heterocycles. The number of fused-ring (bicyclic) bond motifs is 1. The lowest BCUT2D eigenvalue weighted by Gasteiger charge is -2.14. The number of para-hydroxylation sites is 2. The molecule has 4 heteroatoms. The smallest absolute Gasteiger partial charge is 0.205 e. The first-order chi connectivity index (χ1) is 10.6. The van der Waals surface area contributed by atoms with E-state index in [1.54, 1.807) is 19.1 Å². The molecule has 3 nitrogen and oxygen atoms in total. The summed E-state index contributed by atoms with van der Waals surface area (Å²) in [6.45, 7) is 3.49. The molecule has 0 bridgehead atoms. The number of hydrogen-bond acceptors (Lipinski definition) is 2. The van der Waals surface area contributed by atoms with Crippen molar-refractivity contribution in [2.24, 2.45) is 0 Å². The fourth-order valence-electron chi connectivity index (χ4n) is 2.58. The number of benzene rings is 2. The highest BCUT2D eigenvalue weighted by molar-refractivity contribution is 6.11. The number of halogens is 1. The van der Waals surface area contributed by atoms with Gasteiger partial charge in [-0.2, -0.15) is 0 Å². The second-order valence-corrected chi connectivity index (χ2v) is 5.23. The summed E-state index contributed by atoms with van der Waals surface area (Å²) in [7, 11) is 0. The summed E-state index contributed by atoms with van der Waals surface area (Å²) >= 11 is 0. The fourth-order valence-corrected chi connectivity index (χ4v) is 2.58. The van der Waals surface area contributed by atoms with Crippen LogP contribution in [0, 0.1) is 12.7 Å². The van der Waals surface area contributed by atoms with Gasteiger partial charge in [0.2, 0.25) is 5.78 Å². The van der Waals surface area contributed by atoms with Crippen LogP contribution in [0.5, 0.6) is 5.75 Å². The average molecular weight is 297 g/mol. The Morgan fingerprint density at radius 2 is 1.82 bits per heavy atom. The number of carbonyl (C=O) groups is 1. The summed E-state index contributed by atoms with van der Waals surface area (Å²) in [5.74, 6) is -0.558. The van der Waals surface area contributed by atoms with Gasteiger partial charge in [-0.05, 0) is 32.0 Å². The molecule has 0 aliphatic rings. The quantitative estimate of drug-likeness (QED) is 0.731. The van der Waals surface area contributed by atoms with Crippen LogP contribution in [0.4, 0.5) is 4.39 Å². The number of aromatic nitrogens is 1. The average Bonchev–Trinajstić information content (AvgIpc) is 2.84. The Balaban J connectivity index is 1.92. The molecule has 1 N–H and O–H groups in total. The molecular formula is C18H16FNO2. The van der Waals surface area contributed by atoms with Crippen LogP contribution >= 0.6 is 0 Å². The Morgan fingerprint density at radius 3 is 2.59 bits per heavy atom. The third-order valence-corrected chi connectivity index (χ3v) is 3.65. The molecule has 0 radical (unpaired) electrons. The zero-order valence-electron chi connectivity index (χ0n) is 12.4. The van der Waals surface area contributed by atoms with Crippen molar-refractivity contribution in [3.8, 4) is 5.75 Å². The Kier molecular flexibility index (Phi) is 3.67. The summed E-state index contributed by atoms with van der Waals surface area (Å²) in [6.07, 6.45) is -0.769. The van der Waals surface area contributed by atoms with Crippen molar-refractivity contribution >= 4 is 16.7 Å². The van der Waals surface area contributed by atoms with Gasteiger partial charge >= 0.3 is 0 Å². The normalized spacial score (nSPS) is 12.3. The van der Waals surface area contributed by atoms with Gasteiger partial charge in [-0.15, -0.1) is 0 Å². The Bertz CT molecular complexity index is 838. The van der Waals surface area contributed by atoms with E-state index < -0.39 is 11.9 Å². The first-order valence-corrected chi connectivity index (χ1v) is 7.10. The standard InChI is InChI=1S/C18H16FNO2/c1-11-17(13-7-3-5-9-15(13)20-11)18(21)12(2)22-16-10-6-4-8-14(16)19/h3-10,12,20H,1-2H3. The van der Waals surface area contributed by atoms with Crippen LogP contribution in [0.1, 0.15) is 23.0 Å². The largest absolute Gasteiger partial charge is 0.479 e. The Labute approximate surface area is 127 Å². The maximum atomic E-state index is 13.6. The number of aromatic amines is 1. The van der Waals surface area contributed by atoms with Gasteiger partial charge in [0.25, 0.3) is 0 Å². The molecule has 0 aliphatic carbocycles. The molecule has 0 saturated carbocycles. The van der Waals surface area contributed by atoms with Gasteiger partial charge in [-0.25, -0.2) is 4.39 Å². The minimum absolute atomic E-state index is 0.0841. The molecule has 0 aliphatic heterocycles. The van der Waals surface area contributed by atoms with Crippen LogP contribution in [0.25, 0.3) is 10.9 Å². The maximum absolute atomic E-state index is 13.6. The SMILES string of the molecule is Cc1[nH]c2ccccc2c1C(=O)C(C)Oc1ccccc1F. The van der Waals surface area contributed by atoms with Crippen LogP contribution < -0.4 is 4.74 Å². The van der Waals surface area contributed by atoms with E-state index in [0.717, 1.165) is 16.6 Å². The van der Waals surface area contributed by atoms with Gasteiger partial charge in [-0.3, -0.25) is 4.79 Å². The van der Waals surface area contributed by atoms with Crippen LogP contribution in [-0.4, -0.2) is 16.9 Å². The van der Waals surface area contributed by atoms with Crippen molar-refractivity contribution in [2.45, 2.75) is 20.0 Å². The molecule has 1 atom stereocenters. The number of ether oxygens (including phenoxy) is 1. The van der Waals surface area contributed by atoms with Gasteiger partial charge in [0.1, 0.15) is 0 Å². The van der Waals surface area contributed by atoms with E-state index >= 15 is 0 Å². The zero-order valence-corrected chi connectivity index (χ0v) is 12.4. The predicted molar refractivity (Wildman–Crippen MR) is 83.9 cm³/mol. The van der Waals surface area contributed by atoms with Crippen molar-refractivity contribution in [2.75, 3.05) is 0 Å². The van der Waals surface area contributed by atoms with Crippen molar-refractivity contribution in [1.82, 2.24) is 4.98 Å². The van der Waals surface area contributed by atoms with E-state index in [9.17, 15) is 9.18 Å². The topological polar surface area (TPSA) is 42.1 Å². The third-order valence-electron chi connectivity index (χ3n) is 3.65. The summed E-state index contributed by atoms with van der Waals surface area (Å²) in [5.41, 5.74) is 2.29. The highest BCUT2D eigenvalue weighted by atomic mass is 19.1. The second-order valence-electron chi connectivity index (χ2n) is 5.23. The van der Waals surface area contributed by atoms with Gasteiger partial charge in [0, 0.05) is 22.2 Å². The monoisotopic (exact) mass is 297 g/mol. The van der Waals surface area contributed by atoms with Crippen molar-refractivity contribution in [1.29, 1.82) is 0 Å². The Hall–Kier alpha value is -2.62. The van der Waals surface area contributed by atoms with Gasteiger partial charge in [0.05, 0.1) is 0 Å². The molecule has 0 amide bonds. The van der Waals surface area contributed by atoms with E-state index in [-0.39, 0.29) is 11.5 Å². The first kappa shape index (κ1) is 14.3. The lowest BCUT2D eigenvalue weighted by atomic mass is 10.0. The van der Waals surface area contributed by atoms with Crippen LogP contribution in [0.3, 0.4) is 0 Å². The zero-order chi connectivity index (χ0) is 15.7. The van der Waals surface area contributed by atoms with E-state index in [0.29, 0.717) is 5.56 Å². The summed E-state index contributed by atoms with van der Waals surface area (Å²) in [5, 5.41) is 0.856. The first-order valence-electron chi connectivity index (χ1n) is 7.10. The fraction of sp³-hybridized carbons (Fsp3) is 0.167. The lowest BCUT2D eigenvalue weighted by Crippen LogP contribution is -2.24. The van der Waals surface area contributed by atoms with Gasteiger partial charge in [0.15, 0.2) is 17.7 Å². The van der Waals surface area contributed by atoms with Crippen LogP contribution in [-0.2, 0) is 0 Å². The highest BCUT2D eigenvalue weighted by Gasteiger charge is 2.23. The predicted octanol–water partition coefficient (Wildman–Crippen LogP) is 4.27. The molecule has 0 fully saturated rings. The number of aryl methyl sites for hydroxylation is 1. The van der Waals surface area contributed by atoms with Crippen molar-refractivity contribution in [3.63, 3.8) is 0 Å². The number of rotatable bonds is 4. The number of hydrogen-bond donors (Lipinski definition) is 1. The van der Waals surface area contributed by atoms with E-state index in [4.69, 9.17) is 4.74 Å². The molecule has 3 aromatic rings. The molecule has 1 aromatic heterocycles. The van der Waals surface area contributed by atoms with Crippen molar-refractivity contribution < 1.29 is 13.9 Å². The minimum Gasteiger partial charge on any atom is -0.479 e. The molecule has 2 aromatic carbocycles. The van der Waals surface area contributed by atoms with Gasteiger partial charge in [-0.1, -0.05) is 30.3 Å². The van der Waals surface area contributed by atoms with Gasteiger partial charge < -0.3 is 9.72 Å². The summed E-state index contributed by atoms with van der Waals surface area (Å²) in [6, 6.07) is 13.7. The molecule has 0 spiro atoms. The summed E-state index contributed by atoms with van der Waals surface area (Å²) in [4.78, 5) is 15.9. The Morgan fingerprint density at radius 1 is 1.14 bits per heavy atom. The number of Topliss-reactive ketones (excluding diaryl/α,β-unsaturated/α-hetero) is 1. The minimum atomic E-state index is -0.769. The highest BCUT2D eigenvalue weighted by Crippen LogP contribution is 2.25. The van der Waals surface area contributed by atoms with Crippen LogP contribution in [0.2, 0.25) is 0 Å². The number of carbonyl (C=O) groups excluding carboxylic acids is 1. The maximum Gasteiger partial charge on any atom is 0.205 e. The summed E-state index contributed by atoms with van der Waals surface area (Å²) < 4.78 is 19.1. The molecule has 1 unspecified atom stereocenters. The molecule has 1 heterocycles. The molecule has 3 rings (SSSR count).